The smallest absolute Gasteiger partial charge is 0.407 e. The number of alkyl carbamates (subject to hydrolysis) is 1. The van der Waals surface area contributed by atoms with Crippen molar-refractivity contribution in [2.24, 2.45) is 11.8 Å². The molecular formula is C40H48N8O6. The summed E-state index contributed by atoms with van der Waals surface area (Å²) < 4.78 is 4.78. The molecule has 5 aromatic rings. The summed E-state index contributed by atoms with van der Waals surface area (Å²) >= 11 is 0. The van der Waals surface area contributed by atoms with Crippen molar-refractivity contribution in [1.29, 1.82) is 0 Å². The topological polar surface area (TPSA) is 177 Å². The van der Waals surface area contributed by atoms with E-state index in [2.05, 4.69) is 45.6 Å². The van der Waals surface area contributed by atoms with Crippen LogP contribution in [0.2, 0.25) is 0 Å². The maximum absolute atomic E-state index is 13.7. The second kappa shape index (κ2) is 14.6. The molecule has 0 bridgehead atoms. The molecule has 3 aromatic carbocycles. The Morgan fingerprint density at radius 2 is 1.46 bits per heavy atom. The number of likely N-dealkylation sites (N-methyl/N-ethyl adjacent to an activating group) is 1. The van der Waals surface area contributed by atoms with Gasteiger partial charge >= 0.3 is 12.2 Å². The van der Waals surface area contributed by atoms with Gasteiger partial charge < -0.3 is 34.9 Å². The molecule has 2 saturated heterocycles. The summed E-state index contributed by atoms with van der Waals surface area (Å²) in [5, 5.41) is 14.3. The van der Waals surface area contributed by atoms with Crippen LogP contribution in [0.15, 0.2) is 48.5 Å². The Hall–Kier alpha value is -5.66. The lowest BCUT2D eigenvalue weighted by Crippen LogP contribution is -2.51. The van der Waals surface area contributed by atoms with E-state index in [0.29, 0.717) is 18.9 Å². The third-order valence-electron chi connectivity index (χ3n) is 11.0. The molecule has 7 rings (SSSR count). The van der Waals surface area contributed by atoms with Crippen LogP contribution in [0, 0.1) is 11.8 Å². The van der Waals surface area contributed by atoms with Gasteiger partial charge in [-0.05, 0) is 78.3 Å². The van der Waals surface area contributed by atoms with Crippen molar-refractivity contribution in [1.82, 2.24) is 40.0 Å². The number of nitrogens with one attached hydrogen (secondary N) is 3. The predicted octanol–water partition coefficient (Wildman–Crippen LogP) is 6.60. The highest BCUT2D eigenvalue weighted by Gasteiger charge is 2.40. The van der Waals surface area contributed by atoms with Crippen LogP contribution in [-0.2, 0) is 14.3 Å². The number of carbonyl (C=O) groups excluding carboxylic acids is 3. The number of aromatic nitrogens is 4. The number of imidazole rings is 2. The van der Waals surface area contributed by atoms with Crippen molar-refractivity contribution in [3.63, 3.8) is 0 Å². The molecule has 1 unspecified atom stereocenters. The van der Waals surface area contributed by atoms with E-state index in [1.165, 1.54) is 14.2 Å². The fourth-order valence-corrected chi connectivity index (χ4v) is 8.22. The number of benzene rings is 3. The van der Waals surface area contributed by atoms with E-state index < -0.39 is 24.3 Å². The minimum absolute atomic E-state index is 0.118. The highest BCUT2D eigenvalue weighted by atomic mass is 16.5. The molecule has 0 saturated carbocycles. The molecule has 4 amide bonds. The Morgan fingerprint density at radius 3 is 2.11 bits per heavy atom. The summed E-state index contributed by atoms with van der Waals surface area (Å²) in [6.45, 7) is 8.66. The molecule has 0 spiro atoms. The van der Waals surface area contributed by atoms with Crippen molar-refractivity contribution in [3.05, 3.63) is 60.2 Å². The normalized spacial score (nSPS) is 18.6. The Labute approximate surface area is 313 Å². The van der Waals surface area contributed by atoms with Gasteiger partial charge in [0, 0.05) is 25.5 Å². The van der Waals surface area contributed by atoms with E-state index in [1.807, 2.05) is 50.8 Å². The number of likely N-dealkylation sites (tertiary alicyclic amines) is 2. The van der Waals surface area contributed by atoms with Gasteiger partial charge in [0.25, 0.3) is 0 Å². The number of hydrogen-bond acceptors (Lipinski definition) is 7. The van der Waals surface area contributed by atoms with Gasteiger partial charge in [-0.25, -0.2) is 19.6 Å². The number of carbonyl (C=O) groups is 4. The van der Waals surface area contributed by atoms with Crippen LogP contribution in [0.1, 0.15) is 77.1 Å². The SMILES string of the molecule is COC(=O)N[C@H](C(=O)N1CCCC1c1nc2c(ccc3cc(-c4ccc5nc([C@@H]6CCCN6C(=O)[C@H](C(C)C)N(C)C(=O)O)[nH]c5c4)ccc32)[nH]1)C(C)C. The first kappa shape index (κ1) is 36.7. The second-order valence-electron chi connectivity index (χ2n) is 15.2. The van der Waals surface area contributed by atoms with Crippen molar-refractivity contribution >= 4 is 56.8 Å². The first-order chi connectivity index (χ1) is 25.9. The summed E-state index contributed by atoms with van der Waals surface area (Å²) in [5.74, 6) is 0.782. The van der Waals surface area contributed by atoms with Crippen molar-refractivity contribution in [2.45, 2.75) is 77.5 Å². The molecular weight excluding hydrogens is 688 g/mol. The zero-order chi connectivity index (χ0) is 38.4. The van der Waals surface area contributed by atoms with Crippen LogP contribution in [-0.4, -0.2) is 103 Å². The van der Waals surface area contributed by atoms with Crippen molar-refractivity contribution in [2.75, 3.05) is 27.2 Å². The van der Waals surface area contributed by atoms with E-state index >= 15 is 0 Å². The van der Waals surface area contributed by atoms with Gasteiger partial charge in [-0.15, -0.1) is 0 Å². The highest BCUT2D eigenvalue weighted by Crippen LogP contribution is 2.37. The number of aromatic amines is 2. The van der Waals surface area contributed by atoms with Crippen LogP contribution in [0.5, 0.6) is 0 Å². The maximum atomic E-state index is 13.7. The Bertz CT molecular complexity index is 2240. The van der Waals surface area contributed by atoms with E-state index in [1.54, 1.807) is 4.90 Å². The van der Waals surface area contributed by atoms with Crippen LogP contribution < -0.4 is 5.32 Å². The second-order valence-corrected chi connectivity index (χ2v) is 15.2. The fourth-order valence-electron chi connectivity index (χ4n) is 8.22. The first-order valence-corrected chi connectivity index (χ1v) is 18.7. The number of amides is 4. The van der Waals surface area contributed by atoms with Crippen LogP contribution in [0.4, 0.5) is 9.59 Å². The van der Waals surface area contributed by atoms with Gasteiger partial charge in [-0.3, -0.25) is 14.5 Å². The lowest BCUT2D eigenvalue weighted by molar-refractivity contribution is -0.138. The number of methoxy groups -OCH3 is 1. The predicted molar refractivity (Wildman–Crippen MR) is 205 cm³/mol. The van der Waals surface area contributed by atoms with Crippen LogP contribution in [0.25, 0.3) is 44.0 Å². The van der Waals surface area contributed by atoms with E-state index in [0.717, 1.165) is 80.4 Å². The molecule has 4 atom stereocenters. The minimum Gasteiger partial charge on any atom is -0.465 e. The highest BCUT2D eigenvalue weighted by molar-refractivity contribution is 6.05. The number of rotatable bonds is 9. The van der Waals surface area contributed by atoms with Crippen LogP contribution in [0.3, 0.4) is 0 Å². The summed E-state index contributed by atoms with van der Waals surface area (Å²) in [7, 11) is 2.74. The monoisotopic (exact) mass is 736 g/mol. The molecule has 4 heterocycles. The number of ether oxygens (including phenoxy) is 1. The number of carboxylic acid groups (broad SMARTS) is 1. The van der Waals surface area contributed by atoms with E-state index in [9.17, 15) is 24.3 Å². The molecule has 14 nitrogen and oxygen atoms in total. The number of nitrogens with zero attached hydrogens (tertiary/aromatic N) is 5. The van der Waals surface area contributed by atoms with Crippen molar-refractivity contribution < 1.29 is 29.0 Å². The van der Waals surface area contributed by atoms with Crippen LogP contribution >= 0.6 is 0 Å². The number of hydrogen-bond donors (Lipinski definition) is 4. The molecule has 284 valence electrons. The Morgan fingerprint density at radius 1 is 0.833 bits per heavy atom. The molecule has 2 aliphatic rings. The molecule has 14 heteroatoms. The Kier molecular flexibility index (Phi) is 9.94. The van der Waals surface area contributed by atoms with Gasteiger partial charge in [-0.2, -0.15) is 0 Å². The van der Waals surface area contributed by atoms with Crippen molar-refractivity contribution in [3.8, 4) is 11.1 Å². The molecule has 4 N–H and O–H groups in total. The maximum Gasteiger partial charge on any atom is 0.407 e. The third kappa shape index (κ3) is 6.69. The zero-order valence-corrected chi connectivity index (χ0v) is 31.6. The molecule has 0 aliphatic carbocycles. The standard InChI is InChI=1S/C40H48N8O6/c1-21(2)32(45-39(51)54-6)37(49)47-17-7-10-31(47)36-42-28-16-13-25-19-23(11-14-26(25)33(28)44-36)24-12-15-27-29(20-24)43-35(41-27)30-9-8-18-48(30)38(50)34(22(3)4)46(5)40(52)53/h11-16,19-22,30-32,34H,7-10,17-18H2,1-6H3,(H,41,43)(H,42,44)(H,45,51)(H,52,53)/t30-,31?,32-,34-/m0/s1. The summed E-state index contributed by atoms with van der Waals surface area (Å²) in [6.07, 6.45) is 1.40. The zero-order valence-electron chi connectivity index (χ0n) is 31.6. The molecule has 2 fully saturated rings. The van der Waals surface area contributed by atoms with Gasteiger partial charge in [-0.1, -0.05) is 52.0 Å². The van der Waals surface area contributed by atoms with Gasteiger partial charge in [0.15, 0.2) is 0 Å². The minimum atomic E-state index is -1.13. The molecule has 54 heavy (non-hydrogen) atoms. The summed E-state index contributed by atoms with van der Waals surface area (Å²) in [6, 6.07) is 14.5. The summed E-state index contributed by atoms with van der Waals surface area (Å²) in [4.78, 5) is 72.7. The van der Waals surface area contributed by atoms with Gasteiger partial charge in [0.1, 0.15) is 23.7 Å². The third-order valence-corrected chi connectivity index (χ3v) is 11.0. The largest absolute Gasteiger partial charge is 0.465 e. The van der Waals surface area contributed by atoms with E-state index in [4.69, 9.17) is 14.7 Å². The van der Waals surface area contributed by atoms with Gasteiger partial charge in [0.05, 0.1) is 41.3 Å². The fraction of sp³-hybridized carbons (Fsp3) is 0.450. The van der Waals surface area contributed by atoms with E-state index in [-0.39, 0.29) is 35.7 Å². The average molecular weight is 737 g/mol. The molecule has 0 radical (unpaired) electrons. The quantitative estimate of drug-likeness (QED) is 0.131. The lowest BCUT2D eigenvalue weighted by atomic mass is 10.0. The molecule has 2 aliphatic heterocycles. The summed E-state index contributed by atoms with van der Waals surface area (Å²) in [5.41, 5.74) is 5.40. The van der Waals surface area contributed by atoms with Gasteiger partial charge in [0.2, 0.25) is 11.8 Å². The Balaban J connectivity index is 1.13. The average Bonchev–Trinajstić information content (AvgIpc) is 3.97. The first-order valence-electron chi connectivity index (χ1n) is 18.7. The lowest BCUT2D eigenvalue weighted by Gasteiger charge is -2.33. The number of fused-ring (bicyclic) bond motifs is 4. The number of H-pyrrole nitrogens is 2. The molecule has 2 aromatic heterocycles.